The number of aliphatic hydroxyl groups is 1. The molecule has 0 spiro atoms. The second-order valence-corrected chi connectivity index (χ2v) is 6.75. The van der Waals surface area contributed by atoms with Crippen molar-refractivity contribution in [3.63, 3.8) is 0 Å². The Morgan fingerprint density at radius 2 is 2.32 bits per heavy atom. The van der Waals surface area contributed by atoms with Crippen molar-refractivity contribution >= 4 is 45.7 Å². The Labute approximate surface area is 135 Å². The fourth-order valence-corrected chi connectivity index (χ4v) is 3.79. The van der Waals surface area contributed by atoms with Gasteiger partial charge in [0.25, 0.3) is 0 Å². The summed E-state index contributed by atoms with van der Waals surface area (Å²) in [5.41, 5.74) is 0.616. The molecule has 2 aromatic heterocycles. The molecule has 6 nitrogen and oxygen atoms in total. The molecule has 8 heteroatoms. The van der Waals surface area contributed by atoms with Gasteiger partial charge < -0.3 is 5.11 Å². The van der Waals surface area contributed by atoms with Crippen LogP contribution in [-0.4, -0.2) is 39.9 Å². The molecule has 3 heterocycles. The van der Waals surface area contributed by atoms with Crippen LogP contribution in [0, 0.1) is 0 Å². The summed E-state index contributed by atoms with van der Waals surface area (Å²) in [6, 6.07) is 3.00. The second-order valence-electron chi connectivity index (χ2n) is 5.09. The van der Waals surface area contributed by atoms with Gasteiger partial charge in [0.2, 0.25) is 11.8 Å². The number of aromatic nitrogens is 1. The number of thiophene rings is 1. The van der Waals surface area contributed by atoms with Gasteiger partial charge in [0, 0.05) is 25.1 Å². The number of likely N-dealkylation sites (N-methyl/N-ethyl adjacent to an activating group) is 1. The lowest BCUT2D eigenvalue weighted by molar-refractivity contribution is -0.148. The molecule has 22 heavy (non-hydrogen) atoms. The minimum Gasteiger partial charge on any atom is -0.373 e. The molecule has 2 N–H and O–H groups in total. The van der Waals surface area contributed by atoms with Crippen molar-refractivity contribution in [2.24, 2.45) is 0 Å². The summed E-state index contributed by atoms with van der Waals surface area (Å²) in [6.45, 7) is 0. The summed E-state index contributed by atoms with van der Waals surface area (Å²) in [4.78, 5) is 29.4. The first-order valence-corrected chi connectivity index (χ1v) is 7.96. The first kappa shape index (κ1) is 15.4. The summed E-state index contributed by atoms with van der Waals surface area (Å²) in [7, 11) is 1.45. The molecule has 0 aromatic carbocycles. The largest absolute Gasteiger partial charge is 0.373 e. The summed E-state index contributed by atoms with van der Waals surface area (Å²) in [5.74, 6) is -0.543. The Bertz CT molecular complexity index is 748. The molecule has 1 saturated heterocycles. The van der Waals surface area contributed by atoms with Crippen LogP contribution in [0.3, 0.4) is 0 Å². The van der Waals surface area contributed by atoms with Crippen molar-refractivity contribution in [1.29, 1.82) is 0 Å². The van der Waals surface area contributed by atoms with Crippen molar-refractivity contribution in [3.05, 3.63) is 27.5 Å². The van der Waals surface area contributed by atoms with Crippen LogP contribution in [0.15, 0.2) is 18.3 Å². The van der Waals surface area contributed by atoms with Gasteiger partial charge in [-0.2, -0.15) is 0 Å². The standard InChI is InChI=1S/C14H14ClN3O3S/c1-18-9(19)5-4-8(14(18)21)17-13(20)11-10-7(12(15)22-11)3-2-6-16-10/h2-3,6,8,13,17,20H,4-5H2,1H3. The van der Waals surface area contributed by atoms with E-state index in [-0.39, 0.29) is 18.2 Å². The summed E-state index contributed by atoms with van der Waals surface area (Å²) >= 11 is 7.38. The maximum atomic E-state index is 12.1. The zero-order valence-corrected chi connectivity index (χ0v) is 13.3. The molecule has 0 saturated carbocycles. The molecule has 0 radical (unpaired) electrons. The fourth-order valence-electron chi connectivity index (χ4n) is 2.48. The zero-order valence-electron chi connectivity index (χ0n) is 11.7. The van der Waals surface area contributed by atoms with E-state index in [4.69, 9.17) is 11.6 Å². The van der Waals surface area contributed by atoms with Gasteiger partial charge in [-0.05, 0) is 18.6 Å². The highest BCUT2D eigenvalue weighted by molar-refractivity contribution is 7.18. The van der Waals surface area contributed by atoms with E-state index < -0.39 is 12.3 Å². The highest BCUT2D eigenvalue weighted by Crippen LogP contribution is 2.36. The maximum absolute atomic E-state index is 12.1. The number of carbonyl (C=O) groups excluding carboxylic acids is 2. The number of amides is 2. The minimum atomic E-state index is -1.06. The SMILES string of the molecule is CN1C(=O)CCC(NC(O)c2sc(Cl)c3cccnc23)C1=O. The second kappa shape index (κ2) is 5.92. The number of fused-ring (bicyclic) bond motifs is 1. The Balaban J connectivity index is 1.83. The number of nitrogens with one attached hydrogen (secondary N) is 1. The lowest BCUT2D eigenvalue weighted by Crippen LogP contribution is -2.52. The number of rotatable bonds is 3. The highest BCUT2D eigenvalue weighted by atomic mass is 35.5. The lowest BCUT2D eigenvalue weighted by atomic mass is 10.0. The van der Waals surface area contributed by atoms with E-state index in [0.717, 1.165) is 10.3 Å². The van der Waals surface area contributed by atoms with Crippen LogP contribution >= 0.6 is 22.9 Å². The summed E-state index contributed by atoms with van der Waals surface area (Å²) < 4.78 is 0.543. The molecule has 2 amide bonds. The minimum absolute atomic E-state index is 0.205. The van der Waals surface area contributed by atoms with E-state index >= 15 is 0 Å². The van der Waals surface area contributed by atoms with Crippen molar-refractivity contribution in [1.82, 2.24) is 15.2 Å². The van der Waals surface area contributed by atoms with Gasteiger partial charge in [0.05, 0.1) is 16.4 Å². The van der Waals surface area contributed by atoms with E-state index in [2.05, 4.69) is 10.3 Å². The molecular weight excluding hydrogens is 326 g/mol. The predicted octanol–water partition coefficient (Wildman–Crippen LogP) is 1.68. The quantitative estimate of drug-likeness (QED) is 0.656. The topological polar surface area (TPSA) is 82.5 Å². The average molecular weight is 340 g/mol. The van der Waals surface area contributed by atoms with Crippen molar-refractivity contribution in [2.75, 3.05) is 7.05 Å². The predicted molar refractivity (Wildman–Crippen MR) is 83.5 cm³/mol. The lowest BCUT2D eigenvalue weighted by Gasteiger charge is -2.29. The summed E-state index contributed by atoms with van der Waals surface area (Å²) in [6.07, 6.45) is 1.20. The number of aliphatic hydroxyl groups excluding tert-OH is 1. The smallest absolute Gasteiger partial charge is 0.246 e. The van der Waals surface area contributed by atoms with Crippen LogP contribution < -0.4 is 5.32 Å². The highest BCUT2D eigenvalue weighted by Gasteiger charge is 2.33. The molecule has 116 valence electrons. The van der Waals surface area contributed by atoms with E-state index in [1.165, 1.54) is 18.4 Å². The van der Waals surface area contributed by atoms with Crippen LogP contribution in [0.5, 0.6) is 0 Å². The first-order chi connectivity index (χ1) is 10.5. The Kier molecular flexibility index (Phi) is 4.14. The maximum Gasteiger partial charge on any atom is 0.246 e. The number of hydrogen-bond acceptors (Lipinski definition) is 6. The van der Waals surface area contributed by atoms with Gasteiger partial charge in [-0.25, -0.2) is 0 Å². The Hall–Kier alpha value is -1.54. The van der Waals surface area contributed by atoms with Crippen LogP contribution in [0.1, 0.15) is 23.9 Å². The van der Waals surface area contributed by atoms with Crippen molar-refractivity contribution in [3.8, 4) is 0 Å². The van der Waals surface area contributed by atoms with Gasteiger partial charge in [-0.3, -0.25) is 24.8 Å². The third-order valence-corrected chi connectivity index (χ3v) is 5.18. The Morgan fingerprint density at radius 1 is 1.55 bits per heavy atom. The van der Waals surface area contributed by atoms with Crippen molar-refractivity contribution < 1.29 is 14.7 Å². The first-order valence-electron chi connectivity index (χ1n) is 6.76. The van der Waals surface area contributed by atoms with Gasteiger partial charge in [-0.1, -0.05) is 11.6 Å². The van der Waals surface area contributed by atoms with Gasteiger partial charge >= 0.3 is 0 Å². The van der Waals surface area contributed by atoms with Crippen LogP contribution in [0.25, 0.3) is 10.9 Å². The van der Waals surface area contributed by atoms with Crippen LogP contribution in [0.4, 0.5) is 0 Å². The van der Waals surface area contributed by atoms with Gasteiger partial charge in [-0.15, -0.1) is 11.3 Å². The average Bonchev–Trinajstić information content (AvgIpc) is 2.86. The zero-order chi connectivity index (χ0) is 15.9. The summed E-state index contributed by atoms with van der Waals surface area (Å²) in [5, 5.41) is 14.0. The molecule has 1 aliphatic heterocycles. The van der Waals surface area contributed by atoms with Crippen LogP contribution in [0.2, 0.25) is 4.34 Å². The van der Waals surface area contributed by atoms with Gasteiger partial charge in [0.1, 0.15) is 10.6 Å². The number of carbonyl (C=O) groups is 2. The number of pyridine rings is 1. The van der Waals surface area contributed by atoms with E-state index in [0.29, 0.717) is 21.2 Å². The molecule has 1 fully saturated rings. The number of imide groups is 1. The molecule has 3 rings (SSSR count). The molecule has 2 aromatic rings. The third kappa shape index (κ3) is 2.61. The van der Waals surface area contributed by atoms with E-state index in [9.17, 15) is 14.7 Å². The van der Waals surface area contributed by atoms with Crippen LogP contribution in [-0.2, 0) is 9.59 Å². The number of halogens is 1. The number of likely N-dealkylation sites (tertiary alicyclic amines) is 1. The number of hydrogen-bond donors (Lipinski definition) is 2. The molecule has 2 unspecified atom stereocenters. The fraction of sp³-hybridized carbons (Fsp3) is 0.357. The number of piperidine rings is 1. The monoisotopic (exact) mass is 339 g/mol. The molecule has 2 atom stereocenters. The van der Waals surface area contributed by atoms with E-state index in [1.54, 1.807) is 12.3 Å². The molecule has 1 aliphatic rings. The molecule has 0 bridgehead atoms. The number of nitrogens with zero attached hydrogens (tertiary/aromatic N) is 2. The van der Waals surface area contributed by atoms with Gasteiger partial charge in [0.15, 0.2) is 0 Å². The normalized spacial score (nSPS) is 20.7. The van der Waals surface area contributed by atoms with E-state index in [1.807, 2.05) is 6.07 Å². The Morgan fingerprint density at radius 3 is 3.09 bits per heavy atom. The van der Waals surface area contributed by atoms with Crippen molar-refractivity contribution in [2.45, 2.75) is 25.1 Å². The third-order valence-electron chi connectivity index (χ3n) is 3.71. The molecular formula is C14H14ClN3O3S. The molecule has 0 aliphatic carbocycles.